The van der Waals surface area contributed by atoms with E-state index in [2.05, 4.69) is 110 Å². The quantitative estimate of drug-likeness (QED) is 0.0455. The Bertz CT molecular complexity index is 1330. The van der Waals surface area contributed by atoms with Gasteiger partial charge in [-0.25, -0.2) is 0 Å². The van der Waals surface area contributed by atoms with E-state index in [0.29, 0.717) is 26.2 Å². The van der Waals surface area contributed by atoms with E-state index in [1.807, 2.05) is 0 Å². The Kier molecular flexibility index (Phi) is 33.1. The lowest BCUT2D eigenvalue weighted by molar-refractivity contribution is -0.122. The molecule has 1 unspecified atom stereocenters. The summed E-state index contributed by atoms with van der Waals surface area (Å²) in [5.74, 6) is 0.122. The van der Waals surface area contributed by atoms with Crippen LogP contribution in [-0.4, -0.2) is 31.8 Å². The highest BCUT2D eigenvalue weighted by Gasteiger charge is 2.38. The molecule has 3 aromatic rings. The Morgan fingerprint density at radius 1 is 0.429 bits per heavy atom. The molecule has 0 bridgehead atoms. The van der Waals surface area contributed by atoms with Gasteiger partial charge in [0.15, 0.2) is 0 Å². The Morgan fingerprint density at radius 2 is 0.730 bits per heavy atom. The molecule has 0 heterocycles. The van der Waals surface area contributed by atoms with Crippen molar-refractivity contribution < 1.29 is 14.3 Å². The Balaban J connectivity index is 1.42. The van der Waals surface area contributed by atoms with Crippen LogP contribution in [0.5, 0.6) is 0 Å². The zero-order valence-electron chi connectivity index (χ0n) is 40.9. The second kappa shape index (κ2) is 38.3. The van der Waals surface area contributed by atoms with Crippen LogP contribution < -0.4 is 5.32 Å². The van der Waals surface area contributed by atoms with E-state index in [4.69, 9.17) is 9.47 Å². The van der Waals surface area contributed by atoms with Gasteiger partial charge in [-0.1, -0.05) is 297 Å². The van der Waals surface area contributed by atoms with Crippen molar-refractivity contribution in [3.63, 3.8) is 0 Å². The molecule has 0 aromatic heterocycles. The van der Waals surface area contributed by atoms with Gasteiger partial charge in [-0.2, -0.15) is 0 Å². The van der Waals surface area contributed by atoms with Crippen molar-refractivity contribution in [1.29, 1.82) is 0 Å². The topological polar surface area (TPSA) is 47.6 Å². The molecule has 63 heavy (non-hydrogen) atoms. The SMILES string of the molecule is CCCCCCCCCCCCCCCCCCCOC(CNC(=O)CCCCCCCCCCCCCCCCC)COC(c1ccccc1)(c1ccccc1)c1ccccc1. The van der Waals surface area contributed by atoms with E-state index < -0.39 is 5.60 Å². The van der Waals surface area contributed by atoms with Crippen molar-refractivity contribution in [2.45, 2.75) is 237 Å². The molecule has 0 saturated heterocycles. The average molecular weight is 866 g/mol. The third-order valence-electron chi connectivity index (χ3n) is 13.2. The molecule has 0 radical (unpaired) electrons. The van der Waals surface area contributed by atoms with Crippen molar-refractivity contribution in [2.75, 3.05) is 19.8 Å². The summed E-state index contributed by atoms with van der Waals surface area (Å²) >= 11 is 0. The summed E-state index contributed by atoms with van der Waals surface area (Å²) in [6, 6.07) is 31.7. The fourth-order valence-electron chi connectivity index (χ4n) is 9.20. The van der Waals surface area contributed by atoms with E-state index in [9.17, 15) is 4.79 Å². The zero-order chi connectivity index (χ0) is 44.6. The zero-order valence-corrected chi connectivity index (χ0v) is 40.9. The molecule has 0 saturated carbocycles. The number of hydrogen-bond donors (Lipinski definition) is 1. The molecule has 354 valence electrons. The van der Waals surface area contributed by atoms with E-state index in [-0.39, 0.29) is 12.0 Å². The summed E-state index contributed by atoms with van der Waals surface area (Å²) < 4.78 is 13.8. The molecule has 3 rings (SSSR count). The van der Waals surface area contributed by atoms with Crippen LogP contribution in [0.3, 0.4) is 0 Å². The van der Waals surface area contributed by atoms with Gasteiger partial charge in [0.25, 0.3) is 0 Å². The number of amides is 1. The van der Waals surface area contributed by atoms with Gasteiger partial charge in [-0.15, -0.1) is 0 Å². The molecule has 4 heteroatoms. The van der Waals surface area contributed by atoms with Gasteiger partial charge in [-0.05, 0) is 29.5 Å². The number of rotatable bonds is 43. The van der Waals surface area contributed by atoms with Gasteiger partial charge in [0.05, 0.1) is 12.7 Å². The van der Waals surface area contributed by atoms with E-state index in [1.165, 1.54) is 186 Å². The van der Waals surface area contributed by atoms with Crippen LogP contribution in [-0.2, 0) is 19.9 Å². The fraction of sp³-hybridized carbons (Fsp3) is 0.678. The van der Waals surface area contributed by atoms with Crippen molar-refractivity contribution in [3.8, 4) is 0 Å². The number of benzene rings is 3. The smallest absolute Gasteiger partial charge is 0.220 e. The normalized spacial score (nSPS) is 12.2. The van der Waals surface area contributed by atoms with Crippen molar-refractivity contribution in [3.05, 3.63) is 108 Å². The molecule has 0 spiro atoms. The third kappa shape index (κ3) is 25.4. The van der Waals surface area contributed by atoms with Crippen LogP contribution in [0.1, 0.15) is 242 Å². The Morgan fingerprint density at radius 3 is 1.06 bits per heavy atom. The van der Waals surface area contributed by atoms with Crippen LogP contribution in [0.15, 0.2) is 91.0 Å². The lowest BCUT2D eigenvalue weighted by Crippen LogP contribution is -2.41. The number of carbonyl (C=O) groups excluding carboxylic acids is 1. The first-order chi connectivity index (χ1) is 31.2. The minimum Gasteiger partial charge on any atom is -0.374 e. The first-order valence-electron chi connectivity index (χ1n) is 26.9. The Labute approximate surface area is 388 Å². The first kappa shape index (κ1) is 54.4. The Hall–Kier alpha value is -2.95. The van der Waals surface area contributed by atoms with E-state index in [0.717, 1.165) is 36.0 Å². The first-order valence-corrected chi connectivity index (χ1v) is 26.9. The average Bonchev–Trinajstić information content (AvgIpc) is 3.32. The highest BCUT2D eigenvalue weighted by atomic mass is 16.5. The van der Waals surface area contributed by atoms with Crippen molar-refractivity contribution in [1.82, 2.24) is 5.32 Å². The highest BCUT2D eigenvalue weighted by molar-refractivity contribution is 5.75. The predicted octanol–water partition coefficient (Wildman–Crippen LogP) is 17.4. The lowest BCUT2D eigenvalue weighted by Gasteiger charge is -2.37. The molecule has 0 fully saturated rings. The monoisotopic (exact) mass is 866 g/mol. The number of ether oxygens (including phenoxy) is 2. The van der Waals surface area contributed by atoms with Crippen LogP contribution >= 0.6 is 0 Å². The van der Waals surface area contributed by atoms with Gasteiger partial charge in [-0.3, -0.25) is 4.79 Å². The van der Waals surface area contributed by atoms with Crippen LogP contribution in [0.25, 0.3) is 0 Å². The number of hydrogen-bond acceptors (Lipinski definition) is 3. The largest absolute Gasteiger partial charge is 0.374 e. The summed E-state index contributed by atoms with van der Waals surface area (Å²) in [6.45, 7) is 6.07. The summed E-state index contributed by atoms with van der Waals surface area (Å²) in [5.41, 5.74) is 2.40. The molecule has 1 N–H and O–H groups in total. The molecule has 1 amide bonds. The van der Waals surface area contributed by atoms with Crippen LogP contribution in [0.2, 0.25) is 0 Å². The van der Waals surface area contributed by atoms with Gasteiger partial charge >= 0.3 is 0 Å². The van der Waals surface area contributed by atoms with Crippen LogP contribution in [0.4, 0.5) is 0 Å². The molecule has 4 nitrogen and oxygen atoms in total. The summed E-state index contributed by atoms with van der Waals surface area (Å²) in [6.07, 6.45) is 43.3. The second-order valence-electron chi connectivity index (χ2n) is 18.7. The van der Waals surface area contributed by atoms with Gasteiger partial charge in [0, 0.05) is 19.6 Å². The maximum Gasteiger partial charge on any atom is 0.220 e. The standard InChI is InChI=1S/C59H95NO3/c1-3-5-7-9-11-13-15-17-19-20-22-24-26-28-30-32-43-51-62-57(52-60-58(61)50-42-31-29-27-25-23-21-18-16-14-12-10-8-6-4-2)53-63-59(54-44-36-33-37-45-54,55-46-38-34-39-47-55)56-48-40-35-41-49-56/h33-41,44-49,57H,3-32,42-43,50-53H2,1-2H3,(H,60,61). The van der Waals surface area contributed by atoms with Gasteiger partial charge in [0.2, 0.25) is 5.91 Å². The molecular formula is C59H95NO3. The molecule has 0 aliphatic rings. The number of unbranched alkanes of at least 4 members (excludes halogenated alkanes) is 30. The van der Waals surface area contributed by atoms with Gasteiger partial charge in [0.1, 0.15) is 5.60 Å². The lowest BCUT2D eigenvalue weighted by atomic mass is 9.80. The molecule has 1 atom stereocenters. The number of carbonyl (C=O) groups is 1. The van der Waals surface area contributed by atoms with E-state index in [1.54, 1.807) is 0 Å². The highest BCUT2D eigenvalue weighted by Crippen LogP contribution is 2.40. The predicted molar refractivity (Wildman–Crippen MR) is 272 cm³/mol. The van der Waals surface area contributed by atoms with Crippen LogP contribution in [0, 0.1) is 0 Å². The minimum absolute atomic E-state index is 0.122. The maximum absolute atomic E-state index is 13.2. The molecule has 0 aliphatic heterocycles. The minimum atomic E-state index is -0.822. The molecule has 3 aromatic carbocycles. The maximum atomic E-state index is 13.2. The summed E-state index contributed by atoms with van der Waals surface area (Å²) in [4.78, 5) is 13.2. The fourth-order valence-corrected chi connectivity index (χ4v) is 9.20. The molecular weight excluding hydrogens is 771 g/mol. The van der Waals surface area contributed by atoms with Crippen molar-refractivity contribution in [2.24, 2.45) is 0 Å². The number of nitrogens with one attached hydrogen (secondary N) is 1. The molecule has 0 aliphatic carbocycles. The summed E-state index contributed by atoms with van der Waals surface area (Å²) in [7, 11) is 0. The third-order valence-corrected chi connectivity index (χ3v) is 13.2. The van der Waals surface area contributed by atoms with E-state index >= 15 is 0 Å². The summed E-state index contributed by atoms with van der Waals surface area (Å²) in [5, 5.41) is 3.25. The van der Waals surface area contributed by atoms with Crippen molar-refractivity contribution >= 4 is 5.91 Å². The van der Waals surface area contributed by atoms with Gasteiger partial charge < -0.3 is 14.8 Å². The second-order valence-corrected chi connectivity index (χ2v) is 18.7.